The lowest BCUT2D eigenvalue weighted by Gasteiger charge is -2.11. The van der Waals surface area contributed by atoms with Gasteiger partial charge in [0, 0.05) is 31.2 Å². The van der Waals surface area contributed by atoms with Crippen molar-refractivity contribution in [3.63, 3.8) is 0 Å². The van der Waals surface area contributed by atoms with Gasteiger partial charge in [-0.15, -0.1) is 24.8 Å². The molecule has 1 fully saturated rings. The molecule has 1 aliphatic heterocycles. The van der Waals surface area contributed by atoms with Crippen molar-refractivity contribution in [1.29, 1.82) is 0 Å². The summed E-state index contributed by atoms with van der Waals surface area (Å²) >= 11 is 1.70. The second-order valence-electron chi connectivity index (χ2n) is 5.94. The topological polar surface area (TPSA) is 71.2 Å². The van der Waals surface area contributed by atoms with Gasteiger partial charge in [0.1, 0.15) is 0 Å². The molecule has 0 radical (unpaired) electrons. The van der Waals surface area contributed by atoms with Gasteiger partial charge >= 0.3 is 0 Å². The van der Waals surface area contributed by atoms with Crippen molar-refractivity contribution in [2.24, 2.45) is 5.73 Å². The van der Waals surface area contributed by atoms with E-state index in [0.29, 0.717) is 12.8 Å². The van der Waals surface area contributed by atoms with Crippen molar-refractivity contribution in [1.82, 2.24) is 4.98 Å². The maximum atomic E-state index is 11.9. The van der Waals surface area contributed by atoms with Crippen molar-refractivity contribution < 1.29 is 4.79 Å². The highest BCUT2D eigenvalue weighted by Crippen LogP contribution is 2.32. The number of benzene rings is 1. The zero-order valence-corrected chi connectivity index (χ0v) is 16.1. The Labute approximate surface area is 158 Å². The van der Waals surface area contributed by atoms with Gasteiger partial charge in [-0.25, -0.2) is 4.98 Å². The number of halogens is 2. The quantitative estimate of drug-likeness (QED) is 0.813. The van der Waals surface area contributed by atoms with E-state index in [4.69, 9.17) is 5.73 Å². The van der Waals surface area contributed by atoms with E-state index in [9.17, 15) is 4.79 Å². The molecule has 5 nitrogen and oxygen atoms in total. The van der Waals surface area contributed by atoms with Crippen molar-refractivity contribution in [3.05, 3.63) is 18.2 Å². The predicted molar refractivity (Wildman–Crippen MR) is 107 cm³/mol. The fourth-order valence-electron chi connectivity index (χ4n) is 2.62. The summed E-state index contributed by atoms with van der Waals surface area (Å²) in [7, 11) is 0. The minimum Gasteiger partial charge on any atom is -0.348 e. The van der Waals surface area contributed by atoms with E-state index in [1.54, 1.807) is 11.3 Å². The second kappa shape index (κ2) is 9.42. The van der Waals surface area contributed by atoms with Crippen LogP contribution in [0.1, 0.15) is 32.6 Å². The van der Waals surface area contributed by atoms with Gasteiger partial charge in [0.25, 0.3) is 0 Å². The van der Waals surface area contributed by atoms with Crippen LogP contribution in [0.4, 0.5) is 10.8 Å². The zero-order chi connectivity index (χ0) is 15.5. The Morgan fingerprint density at radius 2 is 2.08 bits per heavy atom. The van der Waals surface area contributed by atoms with Crippen LogP contribution in [-0.4, -0.2) is 30.0 Å². The molecule has 1 saturated heterocycles. The average Bonchev–Trinajstić information content (AvgIpc) is 3.13. The first-order valence-electron chi connectivity index (χ1n) is 7.83. The summed E-state index contributed by atoms with van der Waals surface area (Å²) < 4.78 is 1.12. The lowest BCUT2D eigenvalue weighted by atomic mass is 10.2. The minimum absolute atomic E-state index is 0. The van der Waals surface area contributed by atoms with Crippen molar-refractivity contribution in [2.75, 3.05) is 23.3 Å². The summed E-state index contributed by atoms with van der Waals surface area (Å²) in [5.41, 5.74) is 7.51. The number of nitrogens with one attached hydrogen (secondary N) is 1. The van der Waals surface area contributed by atoms with Crippen molar-refractivity contribution in [2.45, 2.75) is 38.6 Å². The second-order valence-corrected chi connectivity index (χ2v) is 6.95. The molecule has 1 unspecified atom stereocenters. The molecule has 24 heavy (non-hydrogen) atoms. The lowest BCUT2D eigenvalue weighted by molar-refractivity contribution is -0.116. The first-order chi connectivity index (χ1) is 10.6. The molecule has 8 heteroatoms. The van der Waals surface area contributed by atoms with E-state index in [2.05, 4.69) is 15.2 Å². The highest BCUT2D eigenvalue weighted by molar-refractivity contribution is 7.22. The van der Waals surface area contributed by atoms with Crippen LogP contribution in [0.3, 0.4) is 0 Å². The fourth-order valence-corrected chi connectivity index (χ4v) is 3.67. The average molecular weight is 391 g/mol. The van der Waals surface area contributed by atoms with E-state index in [1.165, 1.54) is 12.8 Å². The van der Waals surface area contributed by atoms with Crippen LogP contribution in [-0.2, 0) is 4.79 Å². The molecule has 1 aromatic heterocycles. The fraction of sp³-hybridized carbons (Fsp3) is 0.500. The summed E-state index contributed by atoms with van der Waals surface area (Å²) in [6, 6.07) is 5.96. The van der Waals surface area contributed by atoms with E-state index in [1.807, 2.05) is 25.1 Å². The lowest BCUT2D eigenvalue weighted by Crippen LogP contribution is -2.19. The molecule has 1 aliphatic rings. The summed E-state index contributed by atoms with van der Waals surface area (Å²) in [6.45, 7) is 4.11. The molecule has 2 aromatic rings. The van der Waals surface area contributed by atoms with Crippen LogP contribution in [0.25, 0.3) is 10.2 Å². The molecule has 1 atom stereocenters. The Balaban J connectivity index is 0.00000144. The predicted octanol–water partition coefficient (Wildman–Crippen LogP) is 3.81. The number of hydrogen-bond acceptors (Lipinski definition) is 5. The molecular formula is C16H24Cl2N4OS. The highest BCUT2D eigenvalue weighted by atomic mass is 35.5. The summed E-state index contributed by atoms with van der Waals surface area (Å²) in [5.74, 6) is 0.0148. The number of thiazole rings is 1. The first-order valence-corrected chi connectivity index (χ1v) is 8.64. The monoisotopic (exact) mass is 390 g/mol. The van der Waals surface area contributed by atoms with E-state index in [0.717, 1.165) is 34.1 Å². The smallest absolute Gasteiger partial charge is 0.224 e. The van der Waals surface area contributed by atoms with E-state index in [-0.39, 0.29) is 36.8 Å². The van der Waals surface area contributed by atoms with Crippen LogP contribution < -0.4 is 16.0 Å². The van der Waals surface area contributed by atoms with Gasteiger partial charge in [-0.2, -0.15) is 0 Å². The van der Waals surface area contributed by atoms with E-state index >= 15 is 0 Å². The molecule has 3 rings (SSSR count). The SMILES string of the molecule is CC(N)CCC(=O)Nc1ccc2nc(N3CCCC3)sc2c1.Cl.Cl. The number of nitrogens with two attached hydrogens (primary N) is 1. The molecule has 1 amide bonds. The van der Waals surface area contributed by atoms with Crippen LogP contribution in [0, 0.1) is 0 Å². The minimum atomic E-state index is 0. The van der Waals surface area contributed by atoms with Gasteiger partial charge in [-0.05, 0) is 44.4 Å². The number of carbonyl (C=O) groups is 1. The molecule has 0 bridgehead atoms. The van der Waals surface area contributed by atoms with Crippen LogP contribution in [0.15, 0.2) is 18.2 Å². The van der Waals surface area contributed by atoms with Crippen LogP contribution in [0.2, 0.25) is 0 Å². The summed E-state index contributed by atoms with van der Waals surface area (Å²) in [4.78, 5) is 18.9. The number of nitrogens with zero attached hydrogens (tertiary/aromatic N) is 2. The van der Waals surface area contributed by atoms with Gasteiger partial charge in [-0.1, -0.05) is 11.3 Å². The normalized spacial score (nSPS) is 14.8. The number of aromatic nitrogens is 1. The molecule has 3 N–H and O–H groups in total. The first kappa shape index (κ1) is 21.0. The molecule has 134 valence electrons. The van der Waals surface area contributed by atoms with Crippen LogP contribution >= 0.6 is 36.2 Å². The Hall–Kier alpha value is -1.08. The van der Waals surface area contributed by atoms with Gasteiger partial charge < -0.3 is 16.0 Å². The number of fused-ring (bicyclic) bond motifs is 1. The van der Waals surface area contributed by atoms with Crippen molar-refractivity contribution in [3.8, 4) is 0 Å². The molecule has 0 aliphatic carbocycles. The molecule has 2 heterocycles. The number of carbonyl (C=O) groups excluding carboxylic acids is 1. The number of rotatable bonds is 5. The Morgan fingerprint density at radius 3 is 2.75 bits per heavy atom. The van der Waals surface area contributed by atoms with Gasteiger partial charge in [-0.3, -0.25) is 4.79 Å². The third-order valence-corrected chi connectivity index (χ3v) is 4.94. The number of anilines is 2. The maximum absolute atomic E-state index is 11.9. The molecule has 0 saturated carbocycles. The Bertz CT molecular complexity index is 671. The zero-order valence-electron chi connectivity index (χ0n) is 13.7. The largest absolute Gasteiger partial charge is 0.348 e. The Kier molecular flexibility index (Phi) is 8.22. The van der Waals surface area contributed by atoms with Gasteiger partial charge in [0.05, 0.1) is 10.2 Å². The highest BCUT2D eigenvalue weighted by Gasteiger charge is 2.16. The summed E-state index contributed by atoms with van der Waals surface area (Å²) in [6.07, 6.45) is 3.65. The Morgan fingerprint density at radius 1 is 1.38 bits per heavy atom. The number of hydrogen-bond donors (Lipinski definition) is 2. The van der Waals surface area contributed by atoms with E-state index < -0.39 is 0 Å². The number of amides is 1. The van der Waals surface area contributed by atoms with Gasteiger partial charge in [0.15, 0.2) is 5.13 Å². The molecule has 1 aromatic carbocycles. The standard InChI is InChI=1S/C16H22N4OS.2ClH/c1-11(17)4-7-15(21)18-12-5-6-13-14(10-12)22-16(19-13)20-8-2-3-9-20;;/h5-6,10-11H,2-4,7-9,17H2,1H3,(H,18,21);2*1H. The summed E-state index contributed by atoms with van der Waals surface area (Å²) in [5, 5.41) is 4.03. The van der Waals surface area contributed by atoms with Crippen LogP contribution in [0.5, 0.6) is 0 Å². The molecule has 0 spiro atoms. The molecular weight excluding hydrogens is 367 g/mol. The third kappa shape index (κ3) is 5.21. The third-order valence-electron chi connectivity index (χ3n) is 3.86. The maximum Gasteiger partial charge on any atom is 0.224 e. The van der Waals surface area contributed by atoms with Gasteiger partial charge in [0.2, 0.25) is 5.91 Å². The van der Waals surface area contributed by atoms with Crippen molar-refractivity contribution >= 4 is 63.1 Å².